The summed E-state index contributed by atoms with van der Waals surface area (Å²) in [6.07, 6.45) is 1.53. The summed E-state index contributed by atoms with van der Waals surface area (Å²) < 4.78 is 18.9. The molecule has 0 aliphatic carbocycles. The summed E-state index contributed by atoms with van der Waals surface area (Å²) in [5, 5.41) is 20.0. The number of hydrogen-bond acceptors (Lipinski definition) is 4. The van der Waals surface area contributed by atoms with Gasteiger partial charge in [-0.2, -0.15) is 5.26 Å². The largest absolute Gasteiger partial charge is 0.457 e. The van der Waals surface area contributed by atoms with Crippen molar-refractivity contribution in [3.63, 3.8) is 0 Å². The molecule has 0 saturated carbocycles. The van der Waals surface area contributed by atoms with Crippen molar-refractivity contribution in [2.75, 3.05) is 0 Å². The molecule has 2 aromatic carbocycles. The van der Waals surface area contributed by atoms with Gasteiger partial charge in [-0.15, -0.1) is 0 Å². The molecule has 3 rings (SSSR count). The van der Waals surface area contributed by atoms with Gasteiger partial charge < -0.3 is 4.42 Å². The number of nitro benzene ring substituents is 1. The van der Waals surface area contributed by atoms with E-state index in [4.69, 9.17) is 4.42 Å². The minimum Gasteiger partial charge on any atom is -0.457 e. The molecule has 25 heavy (non-hydrogen) atoms. The van der Waals surface area contributed by atoms with Crippen LogP contribution in [0.2, 0.25) is 0 Å². The number of non-ortho nitro benzene ring substituents is 1. The fourth-order valence-corrected chi connectivity index (χ4v) is 2.31. The van der Waals surface area contributed by atoms with E-state index in [1.54, 1.807) is 24.3 Å². The molecule has 0 unspecified atom stereocenters. The van der Waals surface area contributed by atoms with Gasteiger partial charge in [0.25, 0.3) is 5.69 Å². The predicted molar refractivity (Wildman–Crippen MR) is 90.7 cm³/mol. The first-order chi connectivity index (χ1) is 12.1. The first kappa shape index (κ1) is 16.1. The molecule has 5 nitrogen and oxygen atoms in total. The van der Waals surface area contributed by atoms with Crippen LogP contribution >= 0.6 is 0 Å². The maximum atomic E-state index is 13.3. The quantitative estimate of drug-likeness (QED) is 0.379. The Balaban J connectivity index is 1.90. The van der Waals surface area contributed by atoms with Gasteiger partial charge in [0, 0.05) is 17.7 Å². The molecule has 0 radical (unpaired) electrons. The van der Waals surface area contributed by atoms with E-state index < -0.39 is 4.92 Å². The van der Waals surface area contributed by atoms with Crippen LogP contribution in [0.3, 0.4) is 0 Å². The van der Waals surface area contributed by atoms with E-state index in [9.17, 15) is 19.8 Å². The van der Waals surface area contributed by atoms with Crippen LogP contribution in [0.15, 0.2) is 65.1 Å². The lowest BCUT2D eigenvalue weighted by molar-refractivity contribution is -0.384. The van der Waals surface area contributed by atoms with Gasteiger partial charge in [-0.25, -0.2) is 4.39 Å². The molecule has 0 aliphatic rings. The SMILES string of the molecule is N#C/C(=C\c1ccc(-c2cccc(F)c2)o1)c1ccc([N+](=O)[O-])cc1. The van der Waals surface area contributed by atoms with Gasteiger partial charge in [0.05, 0.1) is 16.6 Å². The zero-order valence-electron chi connectivity index (χ0n) is 12.8. The highest BCUT2D eigenvalue weighted by Gasteiger charge is 2.09. The number of nitriles is 1. The zero-order chi connectivity index (χ0) is 17.8. The third-order valence-electron chi connectivity index (χ3n) is 3.53. The maximum absolute atomic E-state index is 13.3. The highest BCUT2D eigenvalue weighted by Crippen LogP contribution is 2.26. The Morgan fingerprint density at radius 1 is 1.16 bits per heavy atom. The molecule has 6 heteroatoms. The molecule has 1 aromatic heterocycles. The molecule has 122 valence electrons. The number of benzene rings is 2. The van der Waals surface area contributed by atoms with Crippen LogP contribution in [0.1, 0.15) is 11.3 Å². The maximum Gasteiger partial charge on any atom is 0.269 e. The van der Waals surface area contributed by atoms with Crippen molar-refractivity contribution in [2.45, 2.75) is 0 Å². The number of furan rings is 1. The summed E-state index contributed by atoms with van der Waals surface area (Å²) in [6.45, 7) is 0. The Morgan fingerprint density at radius 3 is 2.56 bits per heavy atom. The minimum atomic E-state index is -0.503. The van der Waals surface area contributed by atoms with Gasteiger partial charge in [-0.05, 0) is 48.0 Å². The Morgan fingerprint density at radius 2 is 1.92 bits per heavy atom. The molecule has 0 N–H and O–H groups in total. The zero-order valence-corrected chi connectivity index (χ0v) is 12.8. The number of hydrogen-bond donors (Lipinski definition) is 0. The lowest BCUT2D eigenvalue weighted by Crippen LogP contribution is -1.88. The van der Waals surface area contributed by atoms with Gasteiger partial charge in [0.15, 0.2) is 0 Å². The van der Waals surface area contributed by atoms with Crippen LogP contribution in [0.4, 0.5) is 10.1 Å². The van der Waals surface area contributed by atoms with Gasteiger partial charge in [-0.1, -0.05) is 12.1 Å². The average Bonchev–Trinajstić information content (AvgIpc) is 3.08. The van der Waals surface area contributed by atoms with E-state index in [1.807, 2.05) is 6.07 Å². The smallest absolute Gasteiger partial charge is 0.269 e. The van der Waals surface area contributed by atoms with Crippen LogP contribution in [0, 0.1) is 27.3 Å². The van der Waals surface area contributed by atoms with Crippen molar-refractivity contribution in [1.82, 2.24) is 0 Å². The summed E-state index contributed by atoms with van der Waals surface area (Å²) in [4.78, 5) is 10.2. The topological polar surface area (TPSA) is 80.1 Å². The van der Waals surface area contributed by atoms with Crippen LogP contribution in [-0.2, 0) is 0 Å². The first-order valence-corrected chi connectivity index (χ1v) is 7.29. The van der Waals surface area contributed by atoms with Crippen LogP contribution < -0.4 is 0 Å². The molecule has 0 fully saturated rings. The third kappa shape index (κ3) is 3.62. The molecule has 0 bridgehead atoms. The van der Waals surface area contributed by atoms with E-state index in [0.717, 1.165) is 0 Å². The van der Waals surface area contributed by atoms with E-state index in [2.05, 4.69) is 0 Å². The van der Waals surface area contributed by atoms with Crippen molar-refractivity contribution in [3.05, 3.63) is 87.9 Å². The second-order valence-corrected chi connectivity index (χ2v) is 5.19. The molecular formula is C19H11FN2O3. The van der Waals surface area contributed by atoms with Crippen molar-refractivity contribution in [3.8, 4) is 17.4 Å². The predicted octanol–water partition coefficient (Wildman–Crippen LogP) is 5.06. The highest BCUT2D eigenvalue weighted by atomic mass is 19.1. The van der Waals surface area contributed by atoms with Gasteiger partial charge >= 0.3 is 0 Å². The number of allylic oxidation sites excluding steroid dienone is 1. The van der Waals surface area contributed by atoms with Crippen LogP contribution in [0.25, 0.3) is 23.0 Å². The van der Waals surface area contributed by atoms with E-state index in [0.29, 0.717) is 28.2 Å². The molecule has 0 amide bonds. The number of nitrogens with zero attached hydrogens (tertiary/aromatic N) is 2. The standard InChI is InChI=1S/C19H11FN2O3/c20-16-3-1-2-14(10-16)19-9-8-18(25-19)11-15(12-21)13-4-6-17(7-5-13)22(23)24/h1-11H/b15-11+. The average molecular weight is 334 g/mol. The molecule has 3 aromatic rings. The van der Waals surface area contributed by atoms with Crippen LogP contribution in [0.5, 0.6) is 0 Å². The van der Waals surface area contributed by atoms with E-state index in [-0.39, 0.29) is 11.5 Å². The normalized spacial score (nSPS) is 11.1. The number of nitro groups is 1. The first-order valence-electron chi connectivity index (χ1n) is 7.29. The highest BCUT2D eigenvalue weighted by molar-refractivity contribution is 5.89. The molecule has 0 saturated heterocycles. The monoisotopic (exact) mass is 334 g/mol. The summed E-state index contributed by atoms with van der Waals surface area (Å²) in [5.41, 5.74) is 1.38. The lowest BCUT2D eigenvalue weighted by atomic mass is 10.1. The fraction of sp³-hybridized carbons (Fsp3) is 0. The lowest BCUT2D eigenvalue weighted by Gasteiger charge is -1.99. The van der Waals surface area contributed by atoms with E-state index in [1.165, 1.54) is 42.5 Å². The van der Waals surface area contributed by atoms with Crippen LogP contribution in [-0.4, -0.2) is 4.92 Å². The molecule has 0 spiro atoms. The Labute approximate surface area is 142 Å². The van der Waals surface area contributed by atoms with Gasteiger partial charge in [0.2, 0.25) is 0 Å². The van der Waals surface area contributed by atoms with Gasteiger partial charge in [0.1, 0.15) is 17.3 Å². The van der Waals surface area contributed by atoms with Crippen molar-refractivity contribution >= 4 is 17.3 Å². The van der Waals surface area contributed by atoms with Gasteiger partial charge in [-0.3, -0.25) is 10.1 Å². The number of halogens is 1. The summed E-state index contributed by atoms with van der Waals surface area (Å²) in [7, 11) is 0. The second kappa shape index (κ2) is 6.81. The Bertz CT molecular complexity index is 998. The Hall–Kier alpha value is -3.72. The van der Waals surface area contributed by atoms with Crippen molar-refractivity contribution in [1.29, 1.82) is 5.26 Å². The second-order valence-electron chi connectivity index (χ2n) is 5.19. The van der Waals surface area contributed by atoms with Crippen molar-refractivity contribution in [2.24, 2.45) is 0 Å². The molecule has 0 aliphatic heterocycles. The summed E-state index contributed by atoms with van der Waals surface area (Å²) in [5.74, 6) is 0.537. The van der Waals surface area contributed by atoms with E-state index >= 15 is 0 Å². The summed E-state index contributed by atoms with van der Waals surface area (Å²) >= 11 is 0. The Kier molecular flexibility index (Phi) is 4.40. The molecular weight excluding hydrogens is 323 g/mol. The number of rotatable bonds is 4. The van der Waals surface area contributed by atoms with Crippen molar-refractivity contribution < 1.29 is 13.7 Å². The fourth-order valence-electron chi connectivity index (χ4n) is 2.31. The molecule has 1 heterocycles. The molecule has 0 atom stereocenters. The minimum absolute atomic E-state index is 0.0487. The summed E-state index contributed by atoms with van der Waals surface area (Å²) in [6, 6.07) is 17.1. The third-order valence-corrected chi connectivity index (χ3v) is 3.53.